The van der Waals surface area contributed by atoms with Crippen LogP contribution in [-0.4, -0.2) is 66.7 Å². The molecule has 1 amide bonds. The predicted octanol–water partition coefficient (Wildman–Crippen LogP) is 1.42. The van der Waals surface area contributed by atoms with Gasteiger partial charge in [-0.1, -0.05) is 19.3 Å². The van der Waals surface area contributed by atoms with Gasteiger partial charge in [0.05, 0.1) is 18.8 Å². The zero-order valence-electron chi connectivity index (χ0n) is 13.2. The first-order valence-corrected chi connectivity index (χ1v) is 8.09. The van der Waals surface area contributed by atoms with Crippen molar-refractivity contribution in [2.24, 2.45) is 5.73 Å². The molecule has 1 aliphatic carbocycles. The Kier molecular flexibility index (Phi) is 7.89. The number of carbonyl (C=O) groups is 1. The molecule has 0 aromatic heterocycles. The largest absolute Gasteiger partial charge is 0.379 e. The van der Waals surface area contributed by atoms with Gasteiger partial charge in [0.15, 0.2) is 0 Å². The van der Waals surface area contributed by atoms with Crippen LogP contribution in [0.4, 0.5) is 0 Å². The van der Waals surface area contributed by atoms with Gasteiger partial charge < -0.3 is 15.4 Å². The number of amides is 1. The first kappa shape index (κ1) is 20.0. The molecule has 1 saturated carbocycles. The molecule has 2 aliphatic heterocycles. The molecule has 0 aromatic carbocycles. The Morgan fingerprint density at radius 2 is 1.68 bits per heavy atom. The molecule has 5 nitrogen and oxygen atoms in total. The lowest BCUT2D eigenvalue weighted by atomic mass is 9.81. The van der Waals surface area contributed by atoms with Crippen molar-refractivity contribution in [1.29, 1.82) is 0 Å². The Labute approximate surface area is 145 Å². The van der Waals surface area contributed by atoms with E-state index in [1.54, 1.807) is 0 Å². The molecule has 2 heterocycles. The Hall–Kier alpha value is -0.0700. The van der Waals surface area contributed by atoms with Crippen molar-refractivity contribution in [3.8, 4) is 0 Å². The highest BCUT2D eigenvalue weighted by Crippen LogP contribution is 2.29. The van der Waals surface area contributed by atoms with Crippen LogP contribution in [0.5, 0.6) is 0 Å². The molecule has 7 heteroatoms. The van der Waals surface area contributed by atoms with E-state index in [2.05, 4.69) is 4.90 Å². The molecule has 0 bridgehead atoms. The van der Waals surface area contributed by atoms with Crippen molar-refractivity contribution in [2.45, 2.75) is 50.1 Å². The fraction of sp³-hybridized carbons (Fsp3) is 0.933. The molecule has 3 rings (SSSR count). The average molecular weight is 354 g/mol. The maximum atomic E-state index is 12.7. The molecular weight excluding hydrogens is 325 g/mol. The van der Waals surface area contributed by atoms with Crippen molar-refractivity contribution in [1.82, 2.24) is 9.80 Å². The standard InChI is InChI=1S/C15H27N3O2.2ClH/c16-15(5-2-1-3-6-15)14(19)18-7-4-13(12-18)17-8-10-20-11-9-17;;/h13H,1-12,16H2;2*1H. The number of rotatable bonds is 2. The molecule has 0 aromatic rings. The van der Waals surface area contributed by atoms with E-state index in [1.807, 2.05) is 4.90 Å². The Bertz CT molecular complexity index is 359. The third-order valence-electron chi connectivity index (χ3n) is 5.18. The second-order valence-corrected chi connectivity index (χ2v) is 6.56. The van der Waals surface area contributed by atoms with E-state index in [1.165, 1.54) is 6.42 Å². The summed E-state index contributed by atoms with van der Waals surface area (Å²) in [6.45, 7) is 5.38. The third-order valence-corrected chi connectivity index (χ3v) is 5.18. The Morgan fingerprint density at radius 1 is 1.05 bits per heavy atom. The smallest absolute Gasteiger partial charge is 0.242 e. The number of halogens is 2. The molecule has 2 N–H and O–H groups in total. The minimum absolute atomic E-state index is 0. The summed E-state index contributed by atoms with van der Waals surface area (Å²) in [6.07, 6.45) is 6.24. The third kappa shape index (κ3) is 4.26. The number of ether oxygens (including phenoxy) is 1. The minimum atomic E-state index is -0.571. The van der Waals surface area contributed by atoms with Gasteiger partial charge >= 0.3 is 0 Å². The highest BCUT2D eigenvalue weighted by molar-refractivity contribution is 5.86. The number of likely N-dealkylation sites (tertiary alicyclic amines) is 1. The number of nitrogens with zero attached hydrogens (tertiary/aromatic N) is 2. The monoisotopic (exact) mass is 353 g/mol. The normalized spacial score (nSPS) is 28.6. The van der Waals surface area contributed by atoms with E-state index in [-0.39, 0.29) is 30.7 Å². The summed E-state index contributed by atoms with van der Waals surface area (Å²) >= 11 is 0. The van der Waals surface area contributed by atoms with Gasteiger partial charge in [-0.3, -0.25) is 9.69 Å². The lowest BCUT2D eigenvalue weighted by Gasteiger charge is -2.36. The topological polar surface area (TPSA) is 58.8 Å². The van der Waals surface area contributed by atoms with Crippen LogP contribution in [-0.2, 0) is 9.53 Å². The van der Waals surface area contributed by atoms with E-state index in [9.17, 15) is 4.79 Å². The van der Waals surface area contributed by atoms with Gasteiger partial charge in [0.2, 0.25) is 5.91 Å². The van der Waals surface area contributed by atoms with Crippen LogP contribution in [0.15, 0.2) is 0 Å². The molecule has 1 unspecified atom stereocenters. The quantitative estimate of drug-likeness (QED) is 0.815. The predicted molar refractivity (Wildman–Crippen MR) is 91.9 cm³/mol. The van der Waals surface area contributed by atoms with Crippen molar-refractivity contribution in [2.75, 3.05) is 39.4 Å². The van der Waals surface area contributed by atoms with Gasteiger partial charge in [0, 0.05) is 32.2 Å². The summed E-state index contributed by atoms with van der Waals surface area (Å²) in [4.78, 5) is 17.2. The zero-order valence-corrected chi connectivity index (χ0v) is 14.8. The van der Waals surface area contributed by atoms with Crippen LogP contribution in [0.3, 0.4) is 0 Å². The number of carbonyl (C=O) groups excluding carboxylic acids is 1. The van der Waals surface area contributed by atoms with E-state index < -0.39 is 5.54 Å². The summed E-state index contributed by atoms with van der Waals surface area (Å²) in [7, 11) is 0. The Morgan fingerprint density at radius 3 is 2.32 bits per heavy atom. The summed E-state index contributed by atoms with van der Waals surface area (Å²) in [6, 6.07) is 0.509. The van der Waals surface area contributed by atoms with E-state index in [4.69, 9.17) is 10.5 Å². The highest BCUT2D eigenvalue weighted by Gasteiger charge is 2.41. The number of nitrogens with two attached hydrogens (primary N) is 1. The lowest BCUT2D eigenvalue weighted by molar-refractivity contribution is -0.137. The average Bonchev–Trinajstić information content (AvgIpc) is 2.98. The van der Waals surface area contributed by atoms with Gasteiger partial charge in [-0.15, -0.1) is 24.8 Å². The second-order valence-electron chi connectivity index (χ2n) is 6.56. The van der Waals surface area contributed by atoms with Crippen LogP contribution < -0.4 is 5.73 Å². The van der Waals surface area contributed by atoms with E-state index in [0.717, 1.165) is 71.5 Å². The molecule has 3 aliphatic rings. The summed E-state index contributed by atoms with van der Waals surface area (Å²) < 4.78 is 5.40. The van der Waals surface area contributed by atoms with Gasteiger partial charge in [-0.25, -0.2) is 0 Å². The maximum absolute atomic E-state index is 12.7. The second kappa shape index (κ2) is 8.69. The van der Waals surface area contributed by atoms with Crippen LogP contribution in [0.25, 0.3) is 0 Å². The molecule has 0 radical (unpaired) electrons. The molecule has 0 spiro atoms. The summed E-state index contributed by atoms with van der Waals surface area (Å²) in [5.41, 5.74) is 5.81. The van der Waals surface area contributed by atoms with Gasteiger partial charge in [-0.2, -0.15) is 0 Å². The zero-order chi connectivity index (χ0) is 14.0. The number of hydrogen-bond donors (Lipinski definition) is 1. The fourth-order valence-electron chi connectivity index (χ4n) is 3.88. The molecule has 130 valence electrons. The number of hydrogen-bond acceptors (Lipinski definition) is 4. The van der Waals surface area contributed by atoms with Crippen LogP contribution in [0, 0.1) is 0 Å². The van der Waals surface area contributed by atoms with Crippen molar-refractivity contribution >= 4 is 30.7 Å². The summed E-state index contributed by atoms with van der Waals surface area (Å²) in [5, 5.41) is 0. The Balaban J connectivity index is 0.00000121. The van der Waals surface area contributed by atoms with Crippen LogP contribution >= 0.6 is 24.8 Å². The lowest BCUT2D eigenvalue weighted by Crippen LogP contribution is -2.56. The van der Waals surface area contributed by atoms with E-state index >= 15 is 0 Å². The minimum Gasteiger partial charge on any atom is -0.379 e. The van der Waals surface area contributed by atoms with E-state index in [0.29, 0.717) is 6.04 Å². The van der Waals surface area contributed by atoms with Crippen molar-refractivity contribution in [3.05, 3.63) is 0 Å². The number of morpholine rings is 1. The molecular formula is C15H29Cl2N3O2. The maximum Gasteiger partial charge on any atom is 0.242 e. The van der Waals surface area contributed by atoms with Gasteiger partial charge in [0.1, 0.15) is 0 Å². The van der Waals surface area contributed by atoms with Crippen molar-refractivity contribution in [3.63, 3.8) is 0 Å². The van der Waals surface area contributed by atoms with Gasteiger partial charge in [-0.05, 0) is 19.3 Å². The molecule has 1 atom stereocenters. The summed E-state index contributed by atoms with van der Waals surface area (Å²) in [5.74, 6) is 0.202. The highest BCUT2D eigenvalue weighted by atomic mass is 35.5. The molecule has 2 saturated heterocycles. The molecule has 22 heavy (non-hydrogen) atoms. The SMILES string of the molecule is Cl.Cl.NC1(C(=O)N2CCC(N3CCOCC3)C2)CCCCC1. The first-order chi connectivity index (χ1) is 9.69. The fourth-order valence-corrected chi connectivity index (χ4v) is 3.88. The van der Waals surface area contributed by atoms with Crippen LogP contribution in [0.2, 0.25) is 0 Å². The van der Waals surface area contributed by atoms with Gasteiger partial charge in [0.25, 0.3) is 0 Å². The van der Waals surface area contributed by atoms with Crippen LogP contribution in [0.1, 0.15) is 38.5 Å². The van der Waals surface area contributed by atoms with Crippen molar-refractivity contribution < 1.29 is 9.53 Å². The first-order valence-electron chi connectivity index (χ1n) is 8.09. The molecule has 3 fully saturated rings.